The average Bonchev–Trinajstić information content (AvgIpc) is 3.23. The summed E-state index contributed by atoms with van der Waals surface area (Å²) in [5.74, 6) is 1.53. The van der Waals surface area contributed by atoms with Crippen molar-refractivity contribution in [1.29, 1.82) is 0 Å². The molecular formula is C42H50N6O8. The third-order valence-electron chi connectivity index (χ3n) is 11.2. The summed E-state index contributed by atoms with van der Waals surface area (Å²) >= 11 is 0. The zero-order valence-electron chi connectivity index (χ0n) is 32.5. The summed E-state index contributed by atoms with van der Waals surface area (Å²) in [4.78, 5) is 60.7. The minimum atomic E-state index is -0.526. The van der Waals surface area contributed by atoms with Crippen LogP contribution in [0.25, 0.3) is 21.9 Å². The number of hydrogen-bond donors (Lipinski definition) is 1. The zero-order chi connectivity index (χ0) is 39.3. The Morgan fingerprint density at radius 2 is 1.52 bits per heavy atom. The van der Waals surface area contributed by atoms with Crippen molar-refractivity contribution in [3.05, 3.63) is 76.5 Å². The lowest BCUT2D eigenvalue weighted by molar-refractivity contribution is -0.120. The van der Waals surface area contributed by atoms with E-state index in [1.807, 2.05) is 36.2 Å². The highest BCUT2D eigenvalue weighted by Crippen LogP contribution is 2.38. The van der Waals surface area contributed by atoms with Crippen LogP contribution in [0.15, 0.2) is 59.8 Å². The van der Waals surface area contributed by atoms with Crippen molar-refractivity contribution in [2.45, 2.75) is 64.2 Å². The highest BCUT2D eigenvalue weighted by molar-refractivity contribution is 6.07. The van der Waals surface area contributed by atoms with Crippen molar-refractivity contribution in [2.24, 2.45) is 0 Å². The number of methoxy groups -OCH3 is 3. The number of nitrogens with zero attached hydrogens (tertiary/aromatic N) is 5. The van der Waals surface area contributed by atoms with Crippen LogP contribution in [-0.4, -0.2) is 110 Å². The number of nitrogens with one attached hydrogen (secondary N) is 1. The second kappa shape index (κ2) is 17.1. The lowest BCUT2D eigenvalue weighted by Crippen LogP contribution is -2.49. The van der Waals surface area contributed by atoms with Gasteiger partial charge >= 0.3 is 6.03 Å². The van der Waals surface area contributed by atoms with Crippen molar-refractivity contribution in [3.63, 3.8) is 0 Å². The Hall–Kier alpha value is -5.47. The molecule has 296 valence electrons. The largest absolute Gasteiger partial charge is 0.496 e. The first kappa shape index (κ1) is 38.8. The molecule has 1 N–H and O–H groups in total. The molecule has 2 aromatic heterocycles. The Bertz CT molecular complexity index is 2130. The van der Waals surface area contributed by atoms with Gasteiger partial charge in [0.1, 0.15) is 17.2 Å². The first-order chi connectivity index (χ1) is 27.2. The van der Waals surface area contributed by atoms with Crippen molar-refractivity contribution < 1.29 is 33.3 Å². The fourth-order valence-electron chi connectivity index (χ4n) is 8.11. The number of hydrogen-bond acceptors (Lipinski definition) is 10. The predicted octanol–water partition coefficient (Wildman–Crippen LogP) is 4.88. The lowest BCUT2D eigenvalue weighted by Gasteiger charge is -2.37. The number of urea groups is 1. The molecule has 5 heterocycles. The molecule has 4 aromatic rings. The van der Waals surface area contributed by atoms with Crippen LogP contribution in [0.1, 0.15) is 54.9 Å². The van der Waals surface area contributed by atoms with Crippen LogP contribution >= 0.6 is 0 Å². The summed E-state index contributed by atoms with van der Waals surface area (Å²) in [7, 11) is 4.87. The van der Waals surface area contributed by atoms with E-state index in [0.717, 1.165) is 85.3 Å². The highest BCUT2D eigenvalue weighted by atomic mass is 16.5. The molecule has 3 fully saturated rings. The molecule has 2 aromatic carbocycles. The number of fused-ring (bicyclic) bond motifs is 1. The number of likely N-dealkylation sites (tertiary alicyclic amines) is 2. The Morgan fingerprint density at radius 1 is 0.839 bits per heavy atom. The minimum Gasteiger partial charge on any atom is -0.496 e. The van der Waals surface area contributed by atoms with E-state index in [0.29, 0.717) is 42.0 Å². The number of aromatic nitrogens is 2. The highest BCUT2D eigenvalue weighted by Gasteiger charge is 2.31. The summed E-state index contributed by atoms with van der Waals surface area (Å²) in [5, 5.41) is 3.75. The third-order valence-corrected chi connectivity index (χ3v) is 11.2. The van der Waals surface area contributed by atoms with Crippen molar-refractivity contribution in [1.82, 2.24) is 24.7 Å². The van der Waals surface area contributed by atoms with Crippen LogP contribution in [0.5, 0.6) is 17.2 Å². The predicted molar refractivity (Wildman–Crippen MR) is 212 cm³/mol. The van der Waals surface area contributed by atoms with Crippen molar-refractivity contribution in [3.8, 4) is 28.4 Å². The molecule has 3 aliphatic heterocycles. The standard InChI is InChI=1S/C42H50N6O8/c1-5-46-26-34(31-8-15-43-25-33(31)41(46)51)28-23-37(54-3)32(38(24-28)55-4)13-18-45-16-9-29(10-17-45)56-30-11-19-47(20-12-30)40(50)27-6-7-36(53-2)35(22-27)48-21-14-39(49)44-42(48)52/h6-8,15,22-26,29-30H,5,9-14,16-21H2,1-4H3,(H,44,49,52). The Morgan fingerprint density at radius 3 is 2.16 bits per heavy atom. The van der Waals surface area contributed by atoms with Gasteiger partial charge in [-0.3, -0.25) is 29.6 Å². The van der Waals surface area contributed by atoms with Crippen LogP contribution in [0.4, 0.5) is 10.5 Å². The number of amides is 4. The van der Waals surface area contributed by atoms with Gasteiger partial charge in [0.15, 0.2) is 0 Å². The molecule has 0 atom stereocenters. The fraction of sp³-hybridized carbons (Fsp3) is 0.452. The van der Waals surface area contributed by atoms with Gasteiger partial charge in [-0.05, 0) is 86.4 Å². The van der Waals surface area contributed by atoms with Gasteiger partial charge in [0, 0.05) is 87.5 Å². The number of benzene rings is 2. The molecule has 0 unspecified atom stereocenters. The van der Waals surface area contributed by atoms with Gasteiger partial charge < -0.3 is 33.3 Å². The first-order valence-corrected chi connectivity index (χ1v) is 19.4. The van der Waals surface area contributed by atoms with Gasteiger partial charge in [-0.2, -0.15) is 0 Å². The molecule has 3 aliphatic rings. The number of aryl methyl sites for hydroxylation is 1. The van der Waals surface area contributed by atoms with E-state index in [9.17, 15) is 19.2 Å². The maximum absolute atomic E-state index is 13.5. The molecule has 0 saturated carbocycles. The third kappa shape index (κ3) is 8.07. The normalized spacial score (nSPS) is 17.3. The Kier molecular flexibility index (Phi) is 11.9. The van der Waals surface area contributed by atoms with Crippen LogP contribution in [-0.2, 0) is 22.5 Å². The van der Waals surface area contributed by atoms with E-state index < -0.39 is 6.03 Å². The summed E-state index contributed by atoms with van der Waals surface area (Å²) in [5.41, 5.74) is 3.70. The molecule has 56 heavy (non-hydrogen) atoms. The molecule has 14 nitrogen and oxygen atoms in total. The van der Waals surface area contributed by atoms with Gasteiger partial charge in [0.05, 0.1) is 44.6 Å². The summed E-state index contributed by atoms with van der Waals surface area (Å²) < 4.78 is 25.6. The van der Waals surface area contributed by atoms with Gasteiger partial charge in [0.2, 0.25) is 5.91 Å². The van der Waals surface area contributed by atoms with Crippen LogP contribution in [0, 0.1) is 0 Å². The van der Waals surface area contributed by atoms with E-state index in [-0.39, 0.29) is 42.5 Å². The smallest absolute Gasteiger partial charge is 0.328 e. The average molecular weight is 767 g/mol. The molecule has 0 aliphatic carbocycles. The van der Waals surface area contributed by atoms with Gasteiger partial charge in [-0.15, -0.1) is 0 Å². The number of rotatable bonds is 12. The van der Waals surface area contributed by atoms with Gasteiger partial charge in [0.25, 0.3) is 11.5 Å². The quantitative estimate of drug-likeness (QED) is 0.212. The van der Waals surface area contributed by atoms with E-state index in [2.05, 4.69) is 15.2 Å². The maximum atomic E-state index is 13.5. The van der Waals surface area contributed by atoms with Crippen molar-refractivity contribution >= 4 is 34.3 Å². The van der Waals surface area contributed by atoms with Gasteiger partial charge in [-0.1, -0.05) is 0 Å². The van der Waals surface area contributed by atoms with Crippen LogP contribution in [0.2, 0.25) is 0 Å². The maximum Gasteiger partial charge on any atom is 0.328 e. The molecule has 0 bridgehead atoms. The van der Waals surface area contributed by atoms with E-state index in [1.165, 1.54) is 12.0 Å². The molecular weight excluding hydrogens is 716 g/mol. The first-order valence-electron chi connectivity index (χ1n) is 19.4. The number of carbonyl (C=O) groups is 3. The summed E-state index contributed by atoms with van der Waals surface area (Å²) in [6, 6.07) is 10.5. The minimum absolute atomic E-state index is 0.0601. The number of piperidine rings is 2. The molecule has 14 heteroatoms. The number of ether oxygens (including phenoxy) is 4. The van der Waals surface area contributed by atoms with E-state index in [1.54, 1.807) is 49.4 Å². The molecule has 0 spiro atoms. The van der Waals surface area contributed by atoms with Crippen molar-refractivity contribution in [2.75, 3.05) is 65.5 Å². The molecule has 4 amide bonds. The topological polar surface area (TPSA) is 145 Å². The lowest BCUT2D eigenvalue weighted by atomic mass is 9.97. The number of anilines is 1. The summed E-state index contributed by atoms with van der Waals surface area (Å²) in [6.45, 7) is 6.58. The SMILES string of the molecule is CCn1cc(-c2cc(OC)c(CCN3CCC(OC4CCN(C(=O)c5ccc(OC)c(N6CCC(=O)NC6=O)c5)CC4)CC3)c(OC)c2)c2ccncc2c1=O. The number of carbonyl (C=O) groups excluding carboxylic acids is 3. The van der Waals surface area contributed by atoms with E-state index in [4.69, 9.17) is 18.9 Å². The van der Waals surface area contributed by atoms with Crippen LogP contribution < -0.4 is 30.0 Å². The Balaban J connectivity index is 0.918. The molecule has 7 rings (SSSR count). The summed E-state index contributed by atoms with van der Waals surface area (Å²) in [6.07, 6.45) is 9.81. The second-order valence-corrected chi connectivity index (χ2v) is 14.5. The Labute approximate surface area is 326 Å². The fourth-order valence-corrected chi connectivity index (χ4v) is 8.11. The molecule has 0 radical (unpaired) electrons. The van der Waals surface area contributed by atoms with Crippen LogP contribution in [0.3, 0.4) is 0 Å². The number of pyridine rings is 2. The zero-order valence-corrected chi connectivity index (χ0v) is 32.5. The second-order valence-electron chi connectivity index (χ2n) is 14.5. The number of imide groups is 1. The monoisotopic (exact) mass is 766 g/mol. The van der Waals surface area contributed by atoms with E-state index >= 15 is 0 Å². The van der Waals surface area contributed by atoms with Gasteiger partial charge in [-0.25, -0.2) is 4.79 Å². The molecule has 3 saturated heterocycles.